The van der Waals surface area contributed by atoms with Gasteiger partial charge in [0.2, 0.25) is 5.91 Å². The van der Waals surface area contributed by atoms with Crippen LogP contribution >= 0.6 is 11.8 Å². The molecular formula is C25H31FN4O3S. The van der Waals surface area contributed by atoms with Crippen LogP contribution in [0, 0.1) is 5.82 Å². The second kappa shape index (κ2) is 10.3. The molecule has 1 fully saturated rings. The minimum atomic E-state index is -0.749. The summed E-state index contributed by atoms with van der Waals surface area (Å²) >= 11 is 1.39. The number of fused-ring (bicyclic) bond motifs is 1. The Kier molecular flexibility index (Phi) is 7.42. The molecule has 0 spiro atoms. The van der Waals surface area contributed by atoms with Crippen LogP contribution in [0.25, 0.3) is 0 Å². The van der Waals surface area contributed by atoms with E-state index >= 15 is 4.39 Å². The molecule has 0 radical (unpaired) electrons. The van der Waals surface area contributed by atoms with Crippen molar-refractivity contribution in [2.75, 3.05) is 33.8 Å². The SMILES string of the molecule is CCOC(=O)C1=C(C)N=C2SC=C(CC(=O)N3CCC(N(C)C)CC3)N2C1c1ccccc1F. The van der Waals surface area contributed by atoms with Gasteiger partial charge in [-0.25, -0.2) is 14.2 Å². The molecule has 4 rings (SSSR count). The molecule has 182 valence electrons. The molecule has 34 heavy (non-hydrogen) atoms. The number of likely N-dealkylation sites (tertiary alicyclic amines) is 1. The molecule has 9 heteroatoms. The van der Waals surface area contributed by atoms with Gasteiger partial charge in [0, 0.05) is 30.4 Å². The first-order chi connectivity index (χ1) is 16.3. The fourth-order valence-corrected chi connectivity index (χ4v) is 5.69. The normalized spacial score (nSPS) is 20.9. The minimum absolute atomic E-state index is 0.0292. The van der Waals surface area contributed by atoms with Gasteiger partial charge in [0.25, 0.3) is 0 Å². The Morgan fingerprint density at radius 2 is 1.94 bits per heavy atom. The van der Waals surface area contributed by atoms with Crippen molar-refractivity contribution in [1.82, 2.24) is 14.7 Å². The molecule has 3 aliphatic rings. The van der Waals surface area contributed by atoms with Crippen molar-refractivity contribution in [1.29, 1.82) is 0 Å². The zero-order valence-corrected chi connectivity index (χ0v) is 20.9. The van der Waals surface area contributed by atoms with Gasteiger partial charge in [-0.1, -0.05) is 30.0 Å². The van der Waals surface area contributed by atoms with Gasteiger partial charge < -0.3 is 19.4 Å². The zero-order chi connectivity index (χ0) is 24.4. The molecular weight excluding hydrogens is 455 g/mol. The average Bonchev–Trinajstić information content (AvgIpc) is 3.20. The molecule has 7 nitrogen and oxygen atoms in total. The predicted octanol–water partition coefficient (Wildman–Crippen LogP) is 3.91. The third-order valence-corrected chi connectivity index (χ3v) is 7.46. The molecule has 0 saturated carbocycles. The highest BCUT2D eigenvalue weighted by atomic mass is 32.2. The van der Waals surface area contributed by atoms with Crippen molar-refractivity contribution in [3.8, 4) is 0 Å². The second-order valence-corrected chi connectivity index (χ2v) is 9.72. The van der Waals surface area contributed by atoms with E-state index < -0.39 is 17.8 Å². The number of amides is 1. The van der Waals surface area contributed by atoms with Crippen LogP contribution in [-0.4, -0.2) is 71.6 Å². The number of carbonyl (C=O) groups is 2. The van der Waals surface area contributed by atoms with Crippen LogP contribution in [-0.2, 0) is 14.3 Å². The van der Waals surface area contributed by atoms with Gasteiger partial charge in [0.15, 0.2) is 5.17 Å². The summed E-state index contributed by atoms with van der Waals surface area (Å²) in [4.78, 5) is 36.7. The highest BCUT2D eigenvalue weighted by Gasteiger charge is 2.42. The van der Waals surface area contributed by atoms with E-state index in [4.69, 9.17) is 4.74 Å². The fraction of sp³-hybridized carbons (Fsp3) is 0.480. The van der Waals surface area contributed by atoms with Gasteiger partial charge in [0.05, 0.1) is 30.3 Å². The van der Waals surface area contributed by atoms with Crippen LogP contribution in [0.3, 0.4) is 0 Å². The number of thioether (sulfide) groups is 1. The molecule has 1 amide bonds. The lowest BCUT2D eigenvalue weighted by atomic mass is 9.93. The molecule has 0 N–H and O–H groups in total. The van der Waals surface area contributed by atoms with Gasteiger partial charge in [-0.2, -0.15) is 0 Å². The molecule has 0 aliphatic carbocycles. The van der Waals surface area contributed by atoms with E-state index in [0.717, 1.165) is 12.8 Å². The van der Waals surface area contributed by atoms with E-state index in [9.17, 15) is 9.59 Å². The number of amidine groups is 1. The Morgan fingerprint density at radius 1 is 1.24 bits per heavy atom. The summed E-state index contributed by atoms with van der Waals surface area (Å²) in [7, 11) is 4.14. The predicted molar refractivity (Wildman–Crippen MR) is 131 cm³/mol. The van der Waals surface area contributed by atoms with Crippen molar-refractivity contribution in [2.45, 2.75) is 45.2 Å². The molecule has 1 atom stereocenters. The van der Waals surface area contributed by atoms with Gasteiger partial charge in [-0.3, -0.25) is 4.79 Å². The second-order valence-electron chi connectivity index (χ2n) is 8.89. The van der Waals surface area contributed by atoms with Crippen molar-refractivity contribution in [3.05, 3.63) is 58.0 Å². The number of halogens is 1. The van der Waals surface area contributed by atoms with Gasteiger partial charge in [-0.05, 0) is 52.3 Å². The first-order valence-corrected chi connectivity index (χ1v) is 12.5. The van der Waals surface area contributed by atoms with Crippen LogP contribution < -0.4 is 0 Å². The molecule has 0 bridgehead atoms. The molecule has 3 aliphatic heterocycles. The number of benzene rings is 1. The maximum atomic E-state index is 15.0. The van der Waals surface area contributed by atoms with E-state index in [-0.39, 0.29) is 18.9 Å². The van der Waals surface area contributed by atoms with Gasteiger partial charge in [0.1, 0.15) is 5.82 Å². The standard InChI is InChI=1S/C25H31FN4O3S/c1-5-33-24(32)22-16(2)27-25-30(23(22)19-8-6-7-9-20(19)26)18(15-34-25)14-21(31)29-12-10-17(11-13-29)28(3)4/h6-9,15,17,23H,5,10-14H2,1-4H3. The lowest BCUT2D eigenvalue weighted by Gasteiger charge is -2.38. The monoisotopic (exact) mass is 486 g/mol. The van der Waals surface area contributed by atoms with Crippen LogP contribution in [0.4, 0.5) is 4.39 Å². The summed E-state index contributed by atoms with van der Waals surface area (Å²) in [6.07, 6.45) is 2.05. The molecule has 0 aromatic heterocycles. The fourth-order valence-electron chi connectivity index (χ4n) is 4.73. The minimum Gasteiger partial charge on any atom is -0.463 e. The number of piperidine rings is 1. The van der Waals surface area contributed by atoms with E-state index in [2.05, 4.69) is 24.0 Å². The Balaban J connectivity index is 1.62. The molecule has 1 aromatic rings. The van der Waals surface area contributed by atoms with E-state index in [0.29, 0.717) is 46.8 Å². The van der Waals surface area contributed by atoms with Crippen molar-refractivity contribution < 1.29 is 18.7 Å². The summed E-state index contributed by atoms with van der Waals surface area (Å²) in [5.74, 6) is -0.914. The van der Waals surface area contributed by atoms with Gasteiger partial charge >= 0.3 is 5.97 Å². The number of ether oxygens (including phenoxy) is 1. The van der Waals surface area contributed by atoms with Crippen LogP contribution in [0.2, 0.25) is 0 Å². The van der Waals surface area contributed by atoms with Crippen molar-refractivity contribution in [3.63, 3.8) is 0 Å². The highest BCUT2D eigenvalue weighted by molar-refractivity contribution is 8.16. The topological polar surface area (TPSA) is 65.5 Å². The zero-order valence-electron chi connectivity index (χ0n) is 20.1. The number of rotatable bonds is 6. The van der Waals surface area contributed by atoms with Crippen LogP contribution in [0.15, 0.2) is 51.6 Å². The van der Waals surface area contributed by atoms with Gasteiger partial charge in [-0.15, -0.1) is 0 Å². The molecule has 1 aromatic carbocycles. The van der Waals surface area contributed by atoms with Crippen LogP contribution in [0.1, 0.15) is 44.7 Å². The Bertz CT molecular complexity index is 1060. The van der Waals surface area contributed by atoms with E-state index in [1.54, 1.807) is 32.0 Å². The number of allylic oxidation sites excluding steroid dienone is 1. The number of esters is 1. The van der Waals surface area contributed by atoms with E-state index in [1.807, 2.05) is 15.2 Å². The smallest absolute Gasteiger partial charge is 0.338 e. The molecule has 1 unspecified atom stereocenters. The third-order valence-electron chi connectivity index (χ3n) is 6.58. The summed E-state index contributed by atoms with van der Waals surface area (Å²) in [5.41, 5.74) is 1.86. The first kappa shape index (κ1) is 24.5. The molecule has 1 saturated heterocycles. The summed E-state index contributed by atoms with van der Waals surface area (Å²) in [5, 5.41) is 2.52. The Labute approximate surface area is 204 Å². The average molecular weight is 487 g/mol. The van der Waals surface area contributed by atoms with Crippen LogP contribution in [0.5, 0.6) is 0 Å². The largest absolute Gasteiger partial charge is 0.463 e. The Morgan fingerprint density at radius 3 is 2.59 bits per heavy atom. The summed E-state index contributed by atoms with van der Waals surface area (Å²) in [6.45, 7) is 5.11. The maximum absolute atomic E-state index is 15.0. The lowest BCUT2D eigenvalue weighted by Crippen LogP contribution is -2.45. The quantitative estimate of drug-likeness (QED) is 0.568. The number of hydrogen-bond acceptors (Lipinski definition) is 7. The first-order valence-electron chi connectivity index (χ1n) is 11.6. The Hall–Kier alpha value is -2.65. The number of hydrogen-bond donors (Lipinski definition) is 0. The molecule has 3 heterocycles. The summed E-state index contributed by atoms with van der Waals surface area (Å²) in [6, 6.07) is 6.15. The number of carbonyl (C=O) groups excluding carboxylic acids is 2. The highest BCUT2D eigenvalue weighted by Crippen LogP contribution is 2.45. The number of nitrogens with zero attached hydrogens (tertiary/aromatic N) is 4. The third kappa shape index (κ3) is 4.77. The number of aliphatic imine (C=N–C) groups is 1. The van der Waals surface area contributed by atoms with Crippen molar-refractivity contribution in [2.24, 2.45) is 4.99 Å². The lowest BCUT2D eigenvalue weighted by molar-refractivity contribution is -0.139. The van der Waals surface area contributed by atoms with E-state index in [1.165, 1.54) is 17.8 Å². The maximum Gasteiger partial charge on any atom is 0.338 e. The van der Waals surface area contributed by atoms with Crippen molar-refractivity contribution >= 4 is 28.8 Å². The summed E-state index contributed by atoms with van der Waals surface area (Å²) < 4.78 is 20.3.